The fraction of sp³-hybridized carbons (Fsp3) is 0.414. The van der Waals surface area contributed by atoms with Crippen molar-refractivity contribution in [2.24, 2.45) is 5.73 Å². The Morgan fingerprint density at radius 2 is 1.66 bits per heavy atom. The predicted octanol–water partition coefficient (Wildman–Crippen LogP) is 4.61. The standard InChI is InChI=1S/C29H37N5O4/c1-18-7-9-22(32-11-13-33(14-12-32)28(37)38-29(4,5)6)16-24(18)31-27(36)20(3)34-17-19(2)23-10-8-21(26(30)35)15-25(23)34/h7-10,15-17,20H,11-14H2,1-6H3,(H2,30,35)(H,31,36). The van der Waals surface area contributed by atoms with E-state index in [4.69, 9.17) is 10.5 Å². The van der Waals surface area contributed by atoms with E-state index in [9.17, 15) is 14.4 Å². The number of amides is 3. The molecule has 3 aromatic rings. The summed E-state index contributed by atoms with van der Waals surface area (Å²) in [5, 5.41) is 4.06. The number of carbonyl (C=O) groups excluding carboxylic acids is 3. The first kappa shape index (κ1) is 27.0. The first-order valence-corrected chi connectivity index (χ1v) is 12.9. The molecular weight excluding hydrogens is 482 g/mol. The van der Waals surface area contributed by atoms with Crippen molar-refractivity contribution >= 4 is 40.2 Å². The lowest BCUT2D eigenvalue weighted by Gasteiger charge is -2.37. The van der Waals surface area contributed by atoms with E-state index in [1.807, 2.05) is 76.6 Å². The summed E-state index contributed by atoms with van der Waals surface area (Å²) >= 11 is 0. The molecule has 202 valence electrons. The molecule has 3 amide bonds. The van der Waals surface area contributed by atoms with Gasteiger partial charge in [0.25, 0.3) is 0 Å². The lowest BCUT2D eigenvalue weighted by molar-refractivity contribution is -0.118. The molecule has 2 heterocycles. The van der Waals surface area contributed by atoms with E-state index in [0.717, 1.165) is 33.4 Å². The number of rotatable bonds is 5. The minimum Gasteiger partial charge on any atom is -0.444 e. The largest absolute Gasteiger partial charge is 0.444 e. The van der Waals surface area contributed by atoms with Crippen LogP contribution >= 0.6 is 0 Å². The highest BCUT2D eigenvalue weighted by atomic mass is 16.6. The summed E-state index contributed by atoms with van der Waals surface area (Å²) in [5.41, 5.74) is 9.83. The second-order valence-corrected chi connectivity index (χ2v) is 10.9. The molecular formula is C29H37N5O4. The van der Waals surface area contributed by atoms with Gasteiger partial charge in [-0.25, -0.2) is 4.79 Å². The highest BCUT2D eigenvalue weighted by Crippen LogP contribution is 2.28. The van der Waals surface area contributed by atoms with Crippen molar-refractivity contribution < 1.29 is 19.1 Å². The first-order valence-electron chi connectivity index (χ1n) is 12.9. The SMILES string of the molecule is Cc1ccc(N2CCN(C(=O)OC(C)(C)C)CC2)cc1NC(=O)C(C)n1cc(C)c2ccc(C(N)=O)cc21. The molecule has 1 aromatic heterocycles. The van der Waals surface area contributed by atoms with Crippen molar-refractivity contribution in [2.75, 3.05) is 36.4 Å². The molecule has 1 unspecified atom stereocenters. The molecule has 0 aliphatic carbocycles. The highest BCUT2D eigenvalue weighted by Gasteiger charge is 2.26. The number of ether oxygens (including phenoxy) is 1. The Bertz CT molecular complexity index is 1380. The Kier molecular flexibility index (Phi) is 7.40. The number of benzene rings is 2. The van der Waals surface area contributed by atoms with Gasteiger partial charge < -0.3 is 30.2 Å². The molecule has 4 rings (SSSR count). The third-order valence-corrected chi connectivity index (χ3v) is 6.89. The van der Waals surface area contributed by atoms with Crippen LogP contribution in [0.15, 0.2) is 42.6 Å². The average molecular weight is 520 g/mol. The van der Waals surface area contributed by atoms with Gasteiger partial charge in [0.1, 0.15) is 11.6 Å². The summed E-state index contributed by atoms with van der Waals surface area (Å²) in [4.78, 5) is 41.4. The summed E-state index contributed by atoms with van der Waals surface area (Å²) in [5.74, 6) is -0.671. The minimum absolute atomic E-state index is 0.165. The van der Waals surface area contributed by atoms with E-state index < -0.39 is 17.6 Å². The number of hydrogen-bond acceptors (Lipinski definition) is 5. The first-order chi connectivity index (χ1) is 17.8. The summed E-state index contributed by atoms with van der Waals surface area (Å²) in [6.07, 6.45) is 1.63. The Hall–Kier alpha value is -4.01. The van der Waals surface area contributed by atoms with Gasteiger partial charge in [0.15, 0.2) is 0 Å². The number of fused-ring (bicyclic) bond motifs is 1. The molecule has 3 N–H and O–H groups in total. The van der Waals surface area contributed by atoms with E-state index in [1.54, 1.807) is 17.0 Å². The quantitative estimate of drug-likeness (QED) is 0.511. The van der Waals surface area contributed by atoms with Crippen molar-refractivity contribution in [1.82, 2.24) is 9.47 Å². The Balaban J connectivity index is 1.48. The number of nitrogens with zero attached hydrogens (tertiary/aromatic N) is 3. The van der Waals surface area contributed by atoms with Crippen LogP contribution in [-0.4, -0.2) is 59.2 Å². The van der Waals surface area contributed by atoms with Crippen molar-refractivity contribution in [3.8, 4) is 0 Å². The molecule has 0 radical (unpaired) electrons. The Labute approximate surface area is 223 Å². The fourth-order valence-electron chi connectivity index (χ4n) is 4.68. The van der Waals surface area contributed by atoms with Crippen LogP contribution in [-0.2, 0) is 9.53 Å². The minimum atomic E-state index is -0.523. The van der Waals surface area contributed by atoms with Crippen LogP contribution in [0, 0.1) is 13.8 Å². The molecule has 9 heteroatoms. The number of nitrogens with two attached hydrogens (primary N) is 1. The molecule has 2 aromatic carbocycles. The molecule has 38 heavy (non-hydrogen) atoms. The zero-order valence-corrected chi connectivity index (χ0v) is 23.0. The highest BCUT2D eigenvalue weighted by molar-refractivity contribution is 5.99. The third kappa shape index (κ3) is 5.77. The van der Waals surface area contributed by atoms with Gasteiger partial charge in [0.05, 0.1) is 0 Å². The monoisotopic (exact) mass is 519 g/mol. The normalized spacial score (nSPS) is 14.9. The van der Waals surface area contributed by atoms with E-state index in [0.29, 0.717) is 31.7 Å². The summed E-state index contributed by atoms with van der Waals surface area (Å²) in [6.45, 7) is 13.8. The van der Waals surface area contributed by atoms with Gasteiger partial charge in [0, 0.05) is 60.2 Å². The molecule has 0 bridgehead atoms. The van der Waals surface area contributed by atoms with Gasteiger partial charge in [-0.3, -0.25) is 9.59 Å². The van der Waals surface area contributed by atoms with Gasteiger partial charge in [-0.2, -0.15) is 0 Å². The number of carbonyl (C=O) groups is 3. The van der Waals surface area contributed by atoms with Crippen LogP contribution in [0.2, 0.25) is 0 Å². The number of anilines is 2. The van der Waals surface area contributed by atoms with Crippen LogP contribution in [0.25, 0.3) is 10.9 Å². The van der Waals surface area contributed by atoms with Crippen molar-refractivity contribution in [1.29, 1.82) is 0 Å². The summed E-state index contributed by atoms with van der Waals surface area (Å²) < 4.78 is 7.37. The molecule has 1 aliphatic heterocycles. The predicted molar refractivity (Wildman–Crippen MR) is 150 cm³/mol. The van der Waals surface area contributed by atoms with E-state index in [-0.39, 0.29) is 12.0 Å². The van der Waals surface area contributed by atoms with Crippen LogP contribution in [0.5, 0.6) is 0 Å². The maximum Gasteiger partial charge on any atom is 0.410 e. The van der Waals surface area contributed by atoms with Crippen LogP contribution in [0.4, 0.5) is 16.2 Å². The van der Waals surface area contributed by atoms with Crippen molar-refractivity contribution in [3.05, 3.63) is 59.3 Å². The molecule has 1 aliphatic rings. The van der Waals surface area contributed by atoms with Gasteiger partial charge in [-0.05, 0) is 76.9 Å². The van der Waals surface area contributed by atoms with E-state index >= 15 is 0 Å². The number of piperazine rings is 1. The van der Waals surface area contributed by atoms with Crippen LogP contribution in [0.3, 0.4) is 0 Å². The number of nitrogens with one attached hydrogen (secondary N) is 1. The van der Waals surface area contributed by atoms with Crippen LogP contribution < -0.4 is 16.0 Å². The van der Waals surface area contributed by atoms with Crippen molar-refractivity contribution in [2.45, 2.75) is 53.2 Å². The Morgan fingerprint density at radius 3 is 2.29 bits per heavy atom. The number of aromatic nitrogens is 1. The lowest BCUT2D eigenvalue weighted by Crippen LogP contribution is -2.50. The Morgan fingerprint density at radius 1 is 0.974 bits per heavy atom. The zero-order valence-electron chi connectivity index (χ0n) is 23.0. The van der Waals surface area contributed by atoms with Gasteiger partial charge in [-0.1, -0.05) is 12.1 Å². The molecule has 1 fully saturated rings. The zero-order chi connectivity index (χ0) is 27.8. The average Bonchev–Trinajstić information content (AvgIpc) is 3.19. The molecule has 0 spiro atoms. The second-order valence-electron chi connectivity index (χ2n) is 10.9. The molecule has 0 saturated carbocycles. The van der Waals surface area contributed by atoms with E-state index in [2.05, 4.69) is 10.2 Å². The molecule has 9 nitrogen and oxygen atoms in total. The summed E-state index contributed by atoms with van der Waals surface area (Å²) in [6, 6.07) is 10.8. The summed E-state index contributed by atoms with van der Waals surface area (Å²) in [7, 11) is 0. The smallest absolute Gasteiger partial charge is 0.410 e. The topological polar surface area (TPSA) is 110 Å². The van der Waals surface area contributed by atoms with Gasteiger partial charge in [0.2, 0.25) is 11.8 Å². The van der Waals surface area contributed by atoms with Crippen LogP contribution in [0.1, 0.15) is 55.2 Å². The maximum atomic E-state index is 13.4. The van der Waals surface area contributed by atoms with Crippen molar-refractivity contribution in [3.63, 3.8) is 0 Å². The van der Waals surface area contributed by atoms with Gasteiger partial charge in [-0.15, -0.1) is 0 Å². The maximum absolute atomic E-state index is 13.4. The molecule has 1 atom stereocenters. The third-order valence-electron chi connectivity index (χ3n) is 6.89. The second kappa shape index (κ2) is 10.4. The number of hydrogen-bond donors (Lipinski definition) is 2. The lowest BCUT2D eigenvalue weighted by atomic mass is 10.1. The number of primary amides is 1. The molecule has 1 saturated heterocycles. The van der Waals surface area contributed by atoms with E-state index in [1.165, 1.54) is 0 Å². The van der Waals surface area contributed by atoms with Gasteiger partial charge >= 0.3 is 6.09 Å². The number of aryl methyl sites for hydroxylation is 2. The fourth-order valence-corrected chi connectivity index (χ4v) is 4.68.